The van der Waals surface area contributed by atoms with Gasteiger partial charge < -0.3 is 10.1 Å². The van der Waals surface area contributed by atoms with E-state index in [0.717, 1.165) is 12.2 Å². The van der Waals surface area contributed by atoms with E-state index < -0.39 is 11.9 Å². The minimum Gasteiger partial charge on any atom is -0.494 e. The molecule has 1 N–H and O–H groups in total. The second-order valence-electron chi connectivity index (χ2n) is 4.17. The lowest BCUT2D eigenvalue weighted by Crippen LogP contribution is -2.14. The zero-order valence-electron chi connectivity index (χ0n) is 11.1. The largest absolute Gasteiger partial charge is 0.494 e. The number of amides is 1. The maximum Gasteiger partial charge on any atom is 0.274 e. The van der Waals surface area contributed by atoms with E-state index in [1.54, 1.807) is 24.3 Å². The van der Waals surface area contributed by atoms with E-state index in [0.29, 0.717) is 12.3 Å². The highest BCUT2D eigenvalue weighted by molar-refractivity contribution is 6.02. The summed E-state index contributed by atoms with van der Waals surface area (Å²) < 4.78 is 18.4. The molecule has 0 spiro atoms. The maximum absolute atomic E-state index is 12.9. The predicted octanol–water partition coefficient (Wildman–Crippen LogP) is 3.26. The van der Waals surface area contributed by atoms with Gasteiger partial charge in [-0.05, 0) is 42.8 Å². The molecule has 5 heteroatoms. The highest BCUT2D eigenvalue weighted by atomic mass is 19.1. The van der Waals surface area contributed by atoms with Crippen molar-refractivity contribution in [2.24, 2.45) is 0 Å². The van der Waals surface area contributed by atoms with E-state index in [-0.39, 0.29) is 5.69 Å². The molecule has 0 saturated heterocycles. The minimum atomic E-state index is -0.680. The molecule has 0 atom stereocenters. The third-order valence-corrected chi connectivity index (χ3v) is 2.53. The molecule has 0 aliphatic carbocycles. The number of hydrogen-bond donors (Lipinski definition) is 1. The number of ether oxygens (including phenoxy) is 1. The van der Waals surface area contributed by atoms with Gasteiger partial charge in [-0.3, -0.25) is 4.79 Å². The monoisotopic (exact) mass is 274 g/mol. The van der Waals surface area contributed by atoms with Crippen LogP contribution in [0.25, 0.3) is 0 Å². The summed E-state index contributed by atoms with van der Waals surface area (Å²) in [5, 5.41) is 2.65. The molecule has 104 valence electrons. The molecule has 1 heterocycles. The quantitative estimate of drug-likeness (QED) is 0.851. The number of pyridine rings is 1. The Morgan fingerprint density at radius 2 is 2.00 bits per heavy atom. The average Bonchev–Trinajstić information content (AvgIpc) is 2.46. The molecule has 0 fully saturated rings. The minimum absolute atomic E-state index is 0.0382. The Morgan fingerprint density at radius 3 is 2.65 bits per heavy atom. The van der Waals surface area contributed by atoms with Crippen molar-refractivity contribution in [1.29, 1.82) is 0 Å². The fourth-order valence-electron chi connectivity index (χ4n) is 1.58. The van der Waals surface area contributed by atoms with Crippen LogP contribution in [0.5, 0.6) is 5.75 Å². The van der Waals surface area contributed by atoms with Crippen molar-refractivity contribution in [1.82, 2.24) is 4.98 Å². The van der Waals surface area contributed by atoms with Gasteiger partial charge in [0.1, 0.15) is 11.4 Å². The van der Waals surface area contributed by atoms with Crippen LogP contribution < -0.4 is 10.1 Å². The zero-order chi connectivity index (χ0) is 14.4. The highest BCUT2D eigenvalue weighted by Crippen LogP contribution is 2.16. The summed E-state index contributed by atoms with van der Waals surface area (Å²) in [5.41, 5.74) is 0.640. The maximum atomic E-state index is 12.9. The number of anilines is 1. The van der Waals surface area contributed by atoms with Gasteiger partial charge in [-0.25, -0.2) is 4.98 Å². The smallest absolute Gasteiger partial charge is 0.274 e. The Balaban J connectivity index is 2.01. The summed E-state index contributed by atoms with van der Waals surface area (Å²) in [6.45, 7) is 2.68. The van der Waals surface area contributed by atoms with Crippen LogP contribution in [0.2, 0.25) is 0 Å². The van der Waals surface area contributed by atoms with Gasteiger partial charge in [-0.1, -0.05) is 13.0 Å². The number of carbonyl (C=O) groups excluding carboxylic acids is 1. The van der Waals surface area contributed by atoms with E-state index in [1.807, 2.05) is 6.92 Å². The Bertz CT molecular complexity index is 585. The first-order valence-corrected chi connectivity index (χ1v) is 6.36. The third kappa shape index (κ3) is 3.78. The van der Waals surface area contributed by atoms with Gasteiger partial charge in [0.15, 0.2) is 0 Å². The molecule has 0 saturated carbocycles. The lowest BCUT2D eigenvalue weighted by Gasteiger charge is -2.07. The van der Waals surface area contributed by atoms with Gasteiger partial charge in [-0.2, -0.15) is 4.39 Å². The molecule has 0 bridgehead atoms. The van der Waals surface area contributed by atoms with E-state index in [9.17, 15) is 9.18 Å². The lowest BCUT2D eigenvalue weighted by atomic mass is 10.2. The van der Waals surface area contributed by atoms with Gasteiger partial charge in [0.25, 0.3) is 5.91 Å². The van der Waals surface area contributed by atoms with E-state index in [4.69, 9.17) is 4.74 Å². The third-order valence-electron chi connectivity index (χ3n) is 2.53. The van der Waals surface area contributed by atoms with Crippen molar-refractivity contribution in [2.75, 3.05) is 11.9 Å². The summed E-state index contributed by atoms with van der Waals surface area (Å²) in [6, 6.07) is 11.1. The summed E-state index contributed by atoms with van der Waals surface area (Å²) >= 11 is 0. The van der Waals surface area contributed by atoms with Crippen LogP contribution in [0.1, 0.15) is 23.8 Å². The topological polar surface area (TPSA) is 51.2 Å². The number of nitrogens with zero attached hydrogens (tertiary/aromatic N) is 1. The highest BCUT2D eigenvalue weighted by Gasteiger charge is 2.08. The van der Waals surface area contributed by atoms with Gasteiger partial charge in [0, 0.05) is 5.69 Å². The van der Waals surface area contributed by atoms with Crippen LogP contribution in [0.15, 0.2) is 42.5 Å². The molecular weight excluding hydrogens is 259 g/mol. The summed E-state index contributed by atoms with van der Waals surface area (Å²) in [6.07, 6.45) is 0.934. The first-order valence-electron chi connectivity index (χ1n) is 6.36. The molecule has 20 heavy (non-hydrogen) atoms. The van der Waals surface area contributed by atoms with E-state index in [1.165, 1.54) is 18.2 Å². The number of nitrogens with one attached hydrogen (secondary N) is 1. The SMILES string of the molecule is CCCOc1ccc(NC(=O)c2cccc(F)n2)cc1. The fourth-order valence-corrected chi connectivity index (χ4v) is 1.58. The Labute approximate surface area is 116 Å². The number of carbonyl (C=O) groups is 1. The van der Waals surface area contributed by atoms with Crippen molar-refractivity contribution < 1.29 is 13.9 Å². The molecular formula is C15H15FN2O2. The number of rotatable bonds is 5. The molecule has 2 rings (SSSR count). The summed E-state index contributed by atoms with van der Waals surface area (Å²) in [5.74, 6) is -0.388. The van der Waals surface area contributed by atoms with Crippen molar-refractivity contribution in [3.05, 3.63) is 54.1 Å². The van der Waals surface area contributed by atoms with Crippen LogP contribution in [-0.2, 0) is 0 Å². The Kier molecular flexibility index (Phi) is 4.65. The molecule has 0 aliphatic rings. The first kappa shape index (κ1) is 14.0. The fraction of sp³-hybridized carbons (Fsp3) is 0.200. The number of aromatic nitrogens is 1. The van der Waals surface area contributed by atoms with Gasteiger partial charge in [0.05, 0.1) is 6.61 Å². The predicted molar refractivity (Wildman–Crippen MR) is 74.4 cm³/mol. The van der Waals surface area contributed by atoms with Crippen LogP contribution in [0, 0.1) is 5.95 Å². The van der Waals surface area contributed by atoms with Gasteiger partial charge in [0.2, 0.25) is 5.95 Å². The second-order valence-corrected chi connectivity index (χ2v) is 4.17. The molecule has 0 unspecified atom stereocenters. The Hall–Kier alpha value is -2.43. The van der Waals surface area contributed by atoms with E-state index >= 15 is 0 Å². The van der Waals surface area contributed by atoms with Crippen LogP contribution in [0.3, 0.4) is 0 Å². The summed E-state index contributed by atoms with van der Waals surface area (Å²) in [7, 11) is 0. The molecule has 0 aliphatic heterocycles. The second kappa shape index (κ2) is 6.65. The molecule has 0 radical (unpaired) electrons. The standard InChI is InChI=1S/C15H15FN2O2/c1-2-10-20-12-8-6-11(7-9-12)17-15(19)13-4-3-5-14(16)18-13/h3-9H,2,10H2,1H3,(H,17,19). The van der Waals surface area contributed by atoms with Crippen LogP contribution >= 0.6 is 0 Å². The van der Waals surface area contributed by atoms with Gasteiger partial charge in [-0.15, -0.1) is 0 Å². The van der Waals surface area contributed by atoms with Crippen molar-refractivity contribution in [3.8, 4) is 5.75 Å². The van der Waals surface area contributed by atoms with Crippen LogP contribution in [-0.4, -0.2) is 17.5 Å². The Morgan fingerprint density at radius 1 is 1.25 bits per heavy atom. The van der Waals surface area contributed by atoms with Crippen molar-refractivity contribution in [2.45, 2.75) is 13.3 Å². The lowest BCUT2D eigenvalue weighted by molar-refractivity contribution is 0.102. The molecule has 1 aromatic heterocycles. The number of halogens is 1. The van der Waals surface area contributed by atoms with Crippen molar-refractivity contribution >= 4 is 11.6 Å². The first-order chi connectivity index (χ1) is 9.69. The van der Waals surface area contributed by atoms with Crippen LogP contribution in [0.4, 0.5) is 10.1 Å². The van der Waals surface area contributed by atoms with E-state index in [2.05, 4.69) is 10.3 Å². The normalized spacial score (nSPS) is 10.1. The molecule has 4 nitrogen and oxygen atoms in total. The average molecular weight is 274 g/mol. The zero-order valence-corrected chi connectivity index (χ0v) is 11.1. The van der Waals surface area contributed by atoms with Gasteiger partial charge >= 0.3 is 0 Å². The number of hydrogen-bond acceptors (Lipinski definition) is 3. The molecule has 2 aromatic rings. The summed E-state index contributed by atoms with van der Waals surface area (Å²) in [4.78, 5) is 15.4. The number of benzene rings is 1. The molecule has 1 aromatic carbocycles. The van der Waals surface area contributed by atoms with Crippen molar-refractivity contribution in [3.63, 3.8) is 0 Å². The molecule has 1 amide bonds.